The molecule has 0 radical (unpaired) electrons. The summed E-state index contributed by atoms with van der Waals surface area (Å²) in [6.45, 7) is 1.05. The molecule has 12 heavy (non-hydrogen) atoms. The minimum Gasteiger partial charge on any atom is -0.305 e. The summed E-state index contributed by atoms with van der Waals surface area (Å²) in [5, 5.41) is 0. The molecule has 0 unspecified atom stereocenters. The van der Waals surface area contributed by atoms with Gasteiger partial charge in [-0.05, 0) is 14.1 Å². The van der Waals surface area contributed by atoms with E-state index in [4.69, 9.17) is 0 Å². The summed E-state index contributed by atoms with van der Waals surface area (Å²) in [7, 11) is 4.21. The van der Waals surface area contributed by atoms with Crippen molar-refractivity contribution < 1.29 is 0 Å². The van der Waals surface area contributed by atoms with Gasteiger partial charge in [0.25, 0.3) is 0 Å². The molecule has 1 aromatic carbocycles. The minimum atomic E-state index is -0.195. The van der Waals surface area contributed by atoms with Crippen molar-refractivity contribution in [3.05, 3.63) is 29.8 Å². The maximum absolute atomic E-state index is 3.62. The first-order chi connectivity index (χ1) is 5.74. The Hall–Kier alpha value is 0.426. The van der Waals surface area contributed by atoms with Crippen LogP contribution in [0.15, 0.2) is 24.3 Å². The first-order valence-corrected chi connectivity index (χ1v) is 8.62. The van der Waals surface area contributed by atoms with Gasteiger partial charge in [-0.15, -0.1) is 3.69 Å². The fourth-order valence-corrected chi connectivity index (χ4v) is 3.45. The molecule has 1 nitrogen and oxygen atoms in total. The monoisotopic (exact) mass is 237 g/mol. The number of benzene rings is 1. The van der Waals surface area contributed by atoms with E-state index in [9.17, 15) is 0 Å². The van der Waals surface area contributed by atoms with Crippen molar-refractivity contribution in [2.45, 2.75) is 6.54 Å². The lowest BCUT2D eigenvalue weighted by atomic mass is 10.2. The molecule has 0 bridgehead atoms. The third kappa shape index (κ3) is 3.05. The summed E-state index contributed by atoms with van der Waals surface area (Å²) in [5.41, 5.74) is 1.46. The van der Waals surface area contributed by atoms with Crippen LogP contribution in [-0.2, 0) is 6.54 Å². The lowest BCUT2D eigenvalue weighted by Crippen LogP contribution is -2.20. The van der Waals surface area contributed by atoms with Crippen molar-refractivity contribution in [3.8, 4) is 0 Å². The van der Waals surface area contributed by atoms with Crippen LogP contribution in [0.1, 0.15) is 5.56 Å². The molecule has 1 aromatic rings. The Morgan fingerprint density at radius 1 is 1.33 bits per heavy atom. The Kier molecular flexibility index (Phi) is 4.57. The highest BCUT2D eigenvalue weighted by Crippen LogP contribution is 1.99. The molecule has 0 aliphatic rings. The SMILES string of the molecule is CN(C)Cc1cccc[c]1[Mg][Br]. The van der Waals surface area contributed by atoms with Crippen LogP contribution in [0.4, 0.5) is 0 Å². The van der Waals surface area contributed by atoms with Gasteiger partial charge in [0.05, 0.1) is 0 Å². The van der Waals surface area contributed by atoms with Crippen molar-refractivity contribution in [2.75, 3.05) is 14.1 Å². The van der Waals surface area contributed by atoms with Gasteiger partial charge in [-0.25, -0.2) is 0 Å². The smallest absolute Gasteiger partial charge is 0.305 e. The van der Waals surface area contributed by atoms with E-state index in [1.165, 1.54) is 9.26 Å². The quantitative estimate of drug-likeness (QED) is 0.719. The van der Waals surface area contributed by atoms with Gasteiger partial charge < -0.3 is 4.90 Å². The fourth-order valence-electron chi connectivity index (χ4n) is 1.18. The molecule has 0 saturated heterocycles. The molecule has 0 aromatic heterocycles. The summed E-state index contributed by atoms with van der Waals surface area (Å²) >= 11 is 3.42. The van der Waals surface area contributed by atoms with Gasteiger partial charge in [-0.2, -0.15) is 0 Å². The van der Waals surface area contributed by atoms with E-state index in [0.717, 1.165) is 6.54 Å². The van der Waals surface area contributed by atoms with Crippen LogP contribution >= 0.6 is 12.9 Å². The predicted octanol–water partition coefficient (Wildman–Crippen LogP) is 1.39. The molecule has 0 aliphatic heterocycles. The van der Waals surface area contributed by atoms with Crippen LogP contribution in [0.3, 0.4) is 0 Å². The van der Waals surface area contributed by atoms with E-state index in [1.54, 1.807) is 0 Å². The zero-order chi connectivity index (χ0) is 8.97. The van der Waals surface area contributed by atoms with Crippen LogP contribution in [-0.4, -0.2) is 37.2 Å². The van der Waals surface area contributed by atoms with E-state index in [2.05, 4.69) is 56.1 Å². The Labute approximate surface area is 89.7 Å². The van der Waals surface area contributed by atoms with Gasteiger partial charge >= 0.3 is 18.2 Å². The first kappa shape index (κ1) is 10.5. The van der Waals surface area contributed by atoms with Crippen LogP contribution in [0, 0.1) is 0 Å². The van der Waals surface area contributed by atoms with Crippen molar-refractivity contribution in [2.24, 2.45) is 0 Å². The van der Waals surface area contributed by atoms with Crippen LogP contribution in [0.5, 0.6) is 0 Å². The van der Waals surface area contributed by atoms with Gasteiger partial charge in [0.15, 0.2) is 0 Å². The van der Waals surface area contributed by atoms with Gasteiger partial charge in [0.2, 0.25) is 0 Å². The highest BCUT2D eigenvalue weighted by Gasteiger charge is 2.02. The molecule has 0 amide bonds. The highest BCUT2D eigenvalue weighted by atomic mass is 79.9. The van der Waals surface area contributed by atoms with Gasteiger partial charge in [0.1, 0.15) is 0 Å². The number of halogens is 1. The second kappa shape index (κ2) is 5.22. The Morgan fingerprint density at radius 2 is 2.00 bits per heavy atom. The molecule has 1 rings (SSSR count). The second-order valence-corrected chi connectivity index (χ2v) is 5.85. The molecule has 0 aliphatic carbocycles. The van der Waals surface area contributed by atoms with Crippen molar-refractivity contribution in [1.29, 1.82) is 0 Å². The summed E-state index contributed by atoms with van der Waals surface area (Å²) in [4.78, 5) is 2.20. The molecular formula is C9H12BrMgN. The zero-order valence-corrected chi connectivity index (χ0v) is 10.5. The van der Waals surface area contributed by atoms with Gasteiger partial charge in [-0.1, -0.05) is 29.8 Å². The third-order valence-corrected chi connectivity index (χ3v) is 4.54. The van der Waals surface area contributed by atoms with E-state index in [1.807, 2.05) is 0 Å². The molecule has 0 N–H and O–H groups in total. The molecule has 62 valence electrons. The normalized spacial score (nSPS) is 10.0. The summed E-state index contributed by atoms with van der Waals surface area (Å²) in [6.07, 6.45) is 0. The fraction of sp³-hybridized carbons (Fsp3) is 0.333. The Bertz CT molecular complexity index is 250. The maximum Gasteiger partial charge on any atom is 0.507 e. The van der Waals surface area contributed by atoms with E-state index >= 15 is 0 Å². The Balaban J connectivity index is 2.82. The minimum absolute atomic E-state index is 0.195. The van der Waals surface area contributed by atoms with Gasteiger partial charge in [0, 0.05) is 6.54 Å². The van der Waals surface area contributed by atoms with E-state index in [0.29, 0.717) is 0 Å². The molecule has 0 saturated carbocycles. The highest BCUT2D eigenvalue weighted by molar-refractivity contribution is 9.23. The predicted molar refractivity (Wildman–Crippen MR) is 58.1 cm³/mol. The largest absolute Gasteiger partial charge is 0.507 e. The Morgan fingerprint density at radius 3 is 2.58 bits per heavy atom. The molecule has 0 heterocycles. The standard InChI is InChI=1S/C9H12N.BrH.Mg/c1-10(2)8-9-6-4-3-5-7-9;;/h3-6H,8H2,1-2H3;1H;/q;;+1/p-1. The summed E-state index contributed by atoms with van der Waals surface area (Å²) < 4.78 is 1.52. The van der Waals surface area contributed by atoms with E-state index in [-0.39, 0.29) is 18.2 Å². The van der Waals surface area contributed by atoms with Crippen molar-refractivity contribution in [3.63, 3.8) is 0 Å². The van der Waals surface area contributed by atoms with Gasteiger partial charge in [-0.3, -0.25) is 12.9 Å². The maximum atomic E-state index is 3.62. The number of rotatable bonds is 3. The lowest BCUT2D eigenvalue weighted by molar-refractivity contribution is 0.403. The van der Waals surface area contributed by atoms with Crippen LogP contribution < -0.4 is 3.69 Å². The zero-order valence-electron chi connectivity index (χ0n) is 7.55. The number of nitrogens with zero attached hydrogens (tertiary/aromatic N) is 1. The third-order valence-electron chi connectivity index (χ3n) is 1.75. The van der Waals surface area contributed by atoms with Crippen LogP contribution in [0.2, 0.25) is 0 Å². The van der Waals surface area contributed by atoms with Crippen LogP contribution in [0.25, 0.3) is 0 Å². The van der Waals surface area contributed by atoms with E-state index < -0.39 is 0 Å². The average Bonchev–Trinajstić information content (AvgIpc) is 2.04. The van der Waals surface area contributed by atoms with Crippen molar-refractivity contribution in [1.82, 2.24) is 4.90 Å². The average molecular weight is 238 g/mol. The topological polar surface area (TPSA) is 3.24 Å². The number of hydrogen-bond acceptors (Lipinski definition) is 1. The first-order valence-electron chi connectivity index (χ1n) is 4.01. The molecule has 0 spiro atoms. The summed E-state index contributed by atoms with van der Waals surface area (Å²) in [5.74, 6) is 0. The summed E-state index contributed by atoms with van der Waals surface area (Å²) in [6, 6.07) is 8.66. The molecular weight excluding hydrogens is 226 g/mol. The molecule has 0 atom stereocenters. The second-order valence-electron chi connectivity index (χ2n) is 3.14. The van der Waals surface area contributed by atoms with Crippen molar-refractivity contribution >= 4 is 34.8 Å². The molecule has 3 heteroatoms. The number of hydrogen-bond donors (Lipinski definition) is 0. The lowest BCUT2D eigenvalue weighted by Gasteiger charge is -2.12. The molecule has 0 fully saturated rings.